The van der Waals surface area contributed by atoms with Crippen LogP contribution in [0.3, 0.4) is 0 Å². The van der Waals surface area contributed by atoms with Gasteiger partial charge >= 0.3 is 0 Å². The van der Waals surface area contributed by atoms with Crippen LogP contribution >= 0.6 is 0 Å². The fraction of sp³-hybridized carbons (Fsp3) is 0.286. The molecule has 0 amide bonds. The third-order valence-electron chi connectivity index (χ3n) is 3.07. The van der Waals surface area contributed by atoms with Crippen molar-refractivity contribution in [2.75, 3.05) is 0 Å². The van der Waals surface area contributed by atoms with Crippen molar-refractivity contribution >= 4 is 0 Å². The summed E-state index contributed by atoms with van der Waals surface area (Å²) in [5.41, 5.74) is 2.59. The Balaban J connectivity index is 1.92. The van der Waals surface area contributed by atoms with Crippen LogP contribution in [0.5, 0.6) is 0 Å². The molecule has 0 unspecified atom stereocenters. The average Bonchev–Trinajstić information content (AvgIpc) is 3.22. The predicted molar refractivity (Wildman–Crippen MR) is 67.3 cm³/mol. The molecular formula is C14H14FN3. The number of nitrogens with zero attached hydrogens (tertiary/aromatic N) is 2. The van der Waals surface area contributed by atoms with Crippen LogP contribution in [0.2, 0.25) is 0 Å². The summed E-state index contributed by atoms with van der Waals surface area (Å²) >= 11 is 0. The Labute approximate surface area is 105 Å². The highest BCUT2D eigenvalue weighted by Crippen LogP contribution is 2.24. The largest absolute Gasteiger partial charge is 0.310 e. The van der Waals surface area contributed by atoms with Crippen molar-refractivity contribution in [1.82, 2.24) is 15.3 Å². The van der Waals surface area contributed by atoms with E-state index in [1.54, 1.807) is 18.6 Å². The van der Waals surface area contributed by atoms with Gasteiger partial charge in [0.1, 0.15) is 5.82 Å². The van der Waals surface area contributed by atoms with Crippen LogP contribution in [0.1, 0.15) is 18.4 Å². The van der Waals surface area contributed by atoms with Gasteiger partial charge < -0.3 is 5.32 Å². The molecule has 3 nitrogen and oxygen atoms in total. The Morgan fingerprint density at radius 1 is 1.28 bits per heavy atom. The van der Waals surface area contributed by atoms with Gasteiger partial charge in [0.2, 0.25) is 0 Å². The van der Waals surface area contributed by atoms with Crippen molar-refractivity contribution in [2.24, 2.45) is 0 Å². The minimum atomic E-state index is -0.245. The van der Waals surface area contributed by atoms with E-state index < -0.39 is 0 Å². The lowest BCUT2D eigenvalue weighted by atomic mass is 10.0. The maximum absolute atomic E-state index is 13.4. The molecule has 18 heavy (non-hydrogen) atoms. The van der Waals surface area contributed by atoms with Crippen molar-refractivity contribution in [3.8, 4) is 11.3 Å². The van der Waals surface area contributed by atoms with E-state index in [0.717, 1.165) is 17.7 Å². The third kappa shape index (κ3) is 2.54. The molecule has 0 atom stereocenters. The quantitative estimate of drug-likeness (QED) is 0.896. The van der Waals surface area contributed by atoms with Crippen LogP contribution in [0, 0.1) is 5.82 Å². The van der Waals surface area contributed by atoms with E-state index in [9.17, 15) is 4.39 Å². The van der Waals surface area contributed by atoms with E-state index >= 15 is 0 Å². The van der Waals surface area contributed by atoms with Crippen molar-refractivity contribution in [3.63, 3.8) is 0 Å². The van der Waals surface area contributed by atoms with E-state index in [1.165, 1.54) is 25.0 Å². The topological polar surface area (TPSA) is 37.8 Å². The first-order valence-electron chi connectivity index (χ1n) is 6.11. The smallest absolute Gasteiger partial charge is 0.123 e. The Bertz CT molecular complexity index is 538. The summed E-state index contributed by atoms with van der Waals surface area (Å²) < 4.78 is 13.4. The molecule has 1 aromatic carbocycles. The van der Waals surface area contributed by atoms with E-state index in [1.807, 2.05) is 6.07 Å². The van der Waals surface area contributed by atoms with E-state index in [-0.39, 0.29) is 5.82 Å². The molecule has 0 spiro atoms. The van der Waals surface area contributed by atoms with E-state index in [4.69, 9.17) is 0 Å². The summed E-state index contributed by atoms with van der Waals surface area (Å²) in [5, 5.41) is 3.43. The van der Waals surface area contributed by atoms with Crippen molar-refractivity contribution in [3.05, 3.63) is 48.2 Å². The van der Waals surface area contributed by atoms with Gasteiger partial charge in [0.05, 0.1) is 11.9 Å². The Hall–Kier alpha value is -1.81. The molecular weight excluding hydrogens is 229 g/mol. The fourth-order valence-corrected chi connectivity index (χ4v) is 1.92. The van der Waals surface area contributed by atoms with Gasteiger partial charge in [0, 0.05) is 30.5 Å². The maximum Gasteiger partial charge on any atom is 0.123 e. The molecule has 0 radical (unpaired) electrons. The van der Waals surface area contributed by atoms with Crippen LogP contribution in [-0.2, 0) is 6.54 Å². The van der Waals surface area contributed by atoms with Crippen LogP contribution in [-0.4, -0.2) is 16.0 Å². The van der Waals surface area contributed by atoms with Gasteiger partial charge in [-0.2, -0.15) is 0 Å². The minimum absolute atomic E-state index is 0.245. The Morgan fingerprint density at radius 3 is 2.89 bits per heavy atom. The molecule has 4 heteroatoms. The second-order valence-corrected chi connectivity index (χ2v) is 4.55. The van der Waals surface area contributed by atoms with Gasteiger partial charge in [0.25, 0.3) is 0 Å². The fourth-order valence-electron chi connectivity index (χ4n) is 1.92. The molecule has 0 bridgehead atoms. The van der Waals surface area contributed by atoms with Crippen LogP contribution in [0.25, 0.3) is 11.3 Å². The molecule has 1 aliphatic rings. The summed E-state index contributed by atoms with van der Waals surface area (Å²) in [6.07, 6.45) is 7.38. The maximum atomic E-state index is 13.4. The molecule has 2 aromatic rings. The number of hydrogen-bond acceptors (Lipinski definition) is 3. The highest BCUT2D eigenvalue weighted by Gasteiger charge is 2.20. The lowest BCUT2D eigenvalue weighted by molar-refractivity contribution is 0.625. The predicted octanol–water partition coefficient (Wildman–Crippen LogP) is 2.53. The van der Waals surface area contributed by atoms with Gasteiger partial charge in [-0.1, -0.05) is 6.07 Å². The van der Waals surface area contributed by atoms with Crippen molar-refractivity contribution < 1.29 is 4.39 Å². The van der Waals surface area contributed by atoms with Gasteiger partial charge in [-0.05, 0) is 30.5 Å². The summed E-state index contributed by atoms with van der Waals surface area (Å²) in [4.78, 5) is 8.27. The number of nitrogens with one attached hydrogen (secondary N) is 1. The number of aromatic nitrogens is 2. The first-order chi connectivity index (χ1) is 8.83. The normalized spacial score (nSPS) is 14.7. The monoisotopic (exact) mass is 243 g/mol. The molecule has 1 fully saturated rings. The first-order valence-corrected chi connectivity index (χ1v) is 6.11. The zero-order valence-electron chi connectivity index (χ0n) is 9.94. The highest BCUT2D eigenvalue weighted by molar-refractivity contribution is 5.62. The minimum Gasteiger partial charge on any atom is -0.310 e. The Kier molecular flexibility index (Phi) is 3.02. The van der Waals surface area contributed by atoms with Gasteiger partial charge in [-0.15, -0.1) is 0 Å². The first kappa shape index (κ1) is 11.3. The summed E-state index contributed by atoms with van der Waals surface area (Å²) in [6.45, 7) is 0.747. The lowest BCUT2D eigenvalue weighted by Crippen LogP contribution is -2.16. The molecule has 1 saturated carbocycles. The van der Waals surface area contributed by atoms with Crippen LogP contribution in [0.4, 0.5) is 4.39 Å². The number of hydrogen-bond donors (Lipinski definition) is 1. The standard InChI is InChI=1S/C14H14FN3/c15-11-2-1-10(8-18-12-3-4-12)13(7-11)14-9-16-5-6-17-14/h1-2,5-7,9,12,18H,3-4,8H2. The molecule has 1 heterocycles. The zero-order chi connectivity index (χ0) is 12.4. The molecule has 3 rings (SSSR count). The zero-order valence-corrected chi connectivity index (χ0v) is 9.94. The van der Waals surface area contributed by atoms with Gasteiger partial charge in [0.15, 0.2) is 0 Å². The lowest BCUT2D eigenvalue weighted by Gasteiger charge is -2.09. The van der Waals surface area contributed by atoms with Crippen molar-refractivity contribution in [1.29, 1.82) is 0 Å². The van der Waals surface area contributed by atoms with Gasteiger partial charge in [-0.3, -0.25) is 9.97 Å². The third-order valence-corrected chi connectivity index (χ3v) is 3.07. The second kappa shape index (κ2) is 4.82. The number of halogens is 1. The molecule has 1 aliphatic carbocycles. The summed E-state index contributed by atoms with van der Waals surface area (Å²) in [5.74, 6) is -0.245. The van der Waals surface area contributed by atoms with E-state index in [0.29, 0.717) is 11.7 Å². The SMILES string of the molecule is Fc1ccc(CNC2CC2)c(-c2cnccn2)c1. The molecule has 0 aliphatic heterocycles. The number of benzene rings is 1. The summed E-state index contributed by atoms with van der Waals surface area (Å²) in [7, 11) is 0. The summed E-state index contributed by atoms with van der Waals surface area (Å²) in [6, 6.07) is 5.46. The molecule has 92 valence electrons. The highest BCUT2D eigenvalue weighted by atomic mass is 19.1. The van der Waals surface area contributed by atoms with Crippen LogP contribution < -0.4 is 5.32 Å². The average molecular weight is 243 g/mol. The number of rotatable bonds is 4. The Morgan fingerprint density at radius 2 is 2.17 bits per heavy atom. The molecule has 0 saturated heterocycles. The van der Waals surface area contributed by atoms with Crippen molar-refractivity contribution in [2.45, 2.75) is 25.4 Å². The molecule has 1 N–H and O–H groups in total. The van der Waals surface area contributed by atoms with E-state index in [2.05, 4.69) is 15.3 Å². The second-order valence-electron chi connectivity index (χ2n) is 4.55. The van der Waals surface area contributed by atoms with Gasteiger partial charge in [-0.25, -0.2) is 4.39 Å². The van der Waals surface area contributed by atoms with Crippen LogP contribution in [0.15, 0.2) is 36.8 Å². The molecule has 1 aromatic heterocycles.